The summed E-state index contributed by atoms with van der Waals surface area (Å²) in [6.45, 7) is 6.45. The highest BCUT2D eigenvalue weighted by atomic mass is 32.2. The van der Waals surface area contributed by atoms with E-state index in [1.807, 2.05) is 0 Å². The highest BCUT2D eigenvalue weighted by molar-refractivity contribution is 7.90. The Kier molecular flexibility index (Phi) is 8.87. The van der Waals surface area contributed by atoms with Crippen LogP contribution in [0.4, 0.5) is 4.79 Å². The van der Waals surface area contributed by atoms with Crippen molar-refractivity contribution in [2.45, 2.75) is 58.2 Å². The second-order valence-corrected chi connectivity index (χ2v) is 11.8. The van der Waals surface area contributed by atoms with Crippen LogP contribution in [0.3, 0.4) is 0 Å². The lowest BCUT2D eigenvalue weighted by Crippen LogP contribution is -2.47. The van der Waals surface area contributed by atoms with Crippen molar-refractivity contribution in [2.24, 2.45) is 0 Å². The molecule has 11 nitrogen and oxygen atoms in total. The van der Waals surface area contributed by atoms with E-state index in [0.29, 0.717) is 12.8 Å². The van der Waals surface area contributed by atoms with Gasteiger partial charge in [0.1, 0.15) is 11.6 Å². The van der Waals surface area contributed by atoms with Gasteiger partial charge in [0, 0.05) is 26.2 Å². The molecule has 1 fully saturated rings. The molecule has 1 aliphatic heterocycles. The summed E-state index contributed by atoms with van der Waals surface area (Å²) in [5.41, 5.74) is -0.711. The number of ether oxygens (including phenoxy) is 1. The van der Waals surface area contributed by atoms with Gasteiger partial charge in [-0.25, -0.2) is 26.4 Å². The number of rotatable bonds is 9. The molecular formula is C16H32N4O7S2. The van der Waals surface area contributed by atoms with Gasteiger partial charge in [-0.15, -0.1) is 0 Å². The first-order valence-corrected chi connectivity index (χ1v) is 12.6. The van der Waals surface area contributed by atoms with Crippen LogP contribution in [0.2, 0.25) is 0 Å². The van der Waals surface area contributed by atoms with Crippen molar-refractivity contribution in [2.75, 3.05) is 31.6 Å². The number of hydrogen-bond acceptors (Lipinski definition) is 7. The summed E-state index contributed by atoms with van der Waals surface area (Å²) in [6.07, 6.45) is 0.257. The summed E-state index contributed by atoms with van der Waals surface area (Å²) in [5, 5.41) is 4.86. The minimum absolute atomic E-state index is 0.226. The van der Waals surface area contributed by atoms with E-state index in [-0.39, 0.29) is 19.0 Å². The number of amides is 2. The summed E-state index contributed by atoms with van der Waals surface area (Å²) in [4.78, 5) is 23.5. The quantitative estimate of drug-likeness (QED) is 0.417. The van der Waals surface area contributed by atoms with Crippen molar-refractivity contribution in [1.82, 2.24) is 19.7 Å². The van der Waals surface area contributed by atoms with Crippen LogP contribution in [0.1, 0.15) is 40.5 Å². The highest BCUT2D eigenvalue weighted by Gasteiger charge is 2.38. The van der Waals surface area contributed by atoms with E-state index < -0.39 is 55.3 Å². The van der Waals surface area contributed by atoms with E-state index in [2.05, 4.69) is 15.4 Å². The molecule has 2 atom stereocenters. The number of alkyl carbamates (subject to hydrolysis) is 1. The molecule has 3 N–H and O–H groups in total. The predicted octanol–water partition coefficient (Wildman–Crippen LogP) is -0.641. The number of carbonyl (C=O) groups excluding carboxylic acids is 2. The van der Waals surface area contributed by atoms with E-state index in [4.69, 9.17) is 4.74 Å². The van der Waals surface area contributed by atoms with Crippen LogP contribution in [-0.2, 0) is 29.6 Å². The number of sulfonamides is 2. The SMILES string of the molecule is CNC(=O)[C@@H]1CCCN1S(=O)(=O)CCNS(=O)(=O)C[C@H](C)NC(=O)OC(C)(C)C. The summed E-state index contributed by atoms with van der Waals surface area (Å²) < 4.78 is 57.7. The second-order valence-electron chi connectivity index (χ2n) is 7.92. The Labute approximate surface area is 173 Å². The third kappa shape index (κ3) is 8.84. The van der Waals surface area contributed by atoms with E-state index in [1.54, 1.807) is 20.8 Å². The molecule has 1 rings (SSSR count). The second kappa shape index (κ2) is 10.0. The number of nitrogens with zero attached hydrogens (tertiary/aromatic N) is 1. The van der Waals surface area contributed by atoms with Crippen molar-refractivity contribution in [3.8, 4) is 0 Å². The lowest BCUT2D eigenvalue weighted by Gasteiger charge is -2.23. The topological polar surface area (TPSA) is 151 Å². The molecule has 0 aromatic heterocycles. The van der Waals surface area contributed by atoms with Crippen LogP contribution in [-0.4, -0.2) is 82.5 Å². The maximum atomic E-state index is 12.5. The minimum atomic E-state index is -3.83. The Hall–Kier alpha value is -1.44. The molecule has 0 aliphatic carbocycles. The van der Waals surface area contributed by atoms with Crippen molar-refractivity contribution in [1.29, 1.82) is 0 Å². The van der Waals surface area contributed by atoms with Gasteiger partial charge >= 0.3 is 6.09 Å². The highest BCUT2D eigenvalue weighted by Crippen LogP contribution is 2.21. The van der Waals surface area contributed by atoms with E-state index in [1.165, 1.54) is 14.0 Å². The molecular weight excluding hydrogens is 424 g/mol. The normalized spacial score (nSPS) is 19.6. The first-order valence-electron chi connectivity index (χ1n) is 9.35. The largest absolute Gasteiger partial charge is 0.444 e. The van der Waals surface area contributed by atoms with Crippen LogP contribution >= 0.6 is 0 Å². The van der Waals surface area contributed by atoms with Gasteiger partial charge in [0.15, 0.2) is 0 Å². The van der Waals surface area contributed by atoms with Gasteiger partial charge < -0.3 is 15.4 Å². The molecule has 0 aromatic carbocycles. The monoisotopic (exact) mass is 456 g/mol. The molecule has 0 bridgehead atoms. The molecule has 0 unspecified atom stereocenters. The Balaban J connectivity index is 2.55. The Bertz CT molecular complexity index is 791. The van der Waals surface area contributed by atoms with Gasteiger partial charge in [-0.3, -0.25) is 4.79 Å². The smallest absolute Gasteiger partial charge is 0.407 e. The van der Waals surface area contributed by atoms with Crippen LogP contribution in [0, 0.1) is 0 Å². The molecule has 1 aliphatic rings. The number of nitrogens with one attached hydrogen (secondary N) is 3. The van der Waals surface area contributed by atoms with Crippen molar-refractivity contribution >= 4 is 32.0 Å². The van der Waals surface area contributed by atoms with Gasteiger partial charge in [0.05, 0.1) is 11.5 Å². The molecule has 0 radical (unpaired) electrons. The average Bonchev–Trinajstić information content (AvgIpc) is 3.01. The zero-order valence-electron chi connectivity index (χ0n) is 17.5. The molecule has 1 heterocycles. The predicted molar refractivity (Wildman–Crippen MR) is 108 cm³/mol. The number of hydrogen-bond donors (Lipinski definition) is 3. The first kappa shape index (κ1) is 25.6. The van der Waals surface area contributed by atoms with Crippen molar-refractivity contribution < 1.29 is 31.2 Å². The maximum absolute atomic E-state index is 12.5. The van der Waals surface area contributed by atoms with E-state index in [9.17, 15) is 26.4 Å². The summed E-state index contributed by atoms with van der Waals surface area (Å²) in [6, 6.07) is -1.50. The van der Waals surface area contributed by atoms with Crippen LogP contribution in [0.5, 0.6) is 0 Å². The molecule has 1 saturated heterocycles. The maximum Gasteiger partial charge on any atom is 0.407 e. The minimum Gasteiger partial charge on any atom is -0.444 e. The first-order chi connectivity index (χ1) is 13.2. The molecule has 0 saturated carbocycles. The summed E-state index contributed by atoms with van der Waals surface area (Å²) in [5.74, 6) is -1.28. The van der Waals surface area contributed by atoms with Gasteiger partial charge in [0.25, 0.3) is 0 Å². The van der Waals surface area contributed by atoms with Gasteiger partial charge in [-0.05, 0) is 40.5 Å². The molecule has 29 heavy (non-hydrogen) atoms. The molecule has 0 aromatic rings. The van der Waals surface area contributed by atoms with Crippen molar-refractivity contribution in [3.63, 3.8) is 0 Å². The Morgan fingerprint density at radius 3 is 2.38 bits per heavy atom. The molecule has 0 spiro atoms. The third-order valence-electron chi connectivity index (χ3n) is 4.02. The van der Waals surface area contributed by atoms with Crippen LogP contribution < -0.4 is 15.4 Å². The zero-order valence-corrected chi connectivity index (χ0v) is 19.2. The Morgan fingerprint density at radius 1 is 1.21 bits per heavy atom. The molecule has 13 heteroatoms. The van der Waals surface area contributed by atoms with Gasteiger partial charge in [0.2, 0.25) is 26.0 Å². The van der Waals surface area contributed by atoms with Crippen molar-refractivity contribution in [3.05, 3.63) is 0 Å². The molecule has 170 valence electrons. The van der Waals surface area contributed by atoms with Crippen LogP contribution in [0.25, 0.3) is 0 Å². The number of carbonyl (C=O) groups is 2. The van der Waals surface area contributed by atoms with Gasteiger partial charge in [-0.1, -0.05) is 0 Å². The lowest BCUT2D eigenvalue weighted by atomic mass is 10.2. The third-order valence-corrected chi connectivity index (χ3v) is 7.48. The summed E-state index contributed by atoms with van der Waals surface area (Å²) in [7, 11) is -6.20. The fourth-order valence-corrected chi connectivity index (χ4v) is 5.88. The zero-order chi connectivity index (χ0) is 22.5. The fraction of sp³-hybridized carbons (Fsp3) is 0.875. The Morgan fingerprint density at radius 2 is 1.83 bits per heavy atom. The molecule has 2 amide bonds. The van der Waals surface area contributed by atoms with E-state index in [0.717, 1.165) is 4.31 Å². The fourth-order valence-electron chi connectivity index (χ4n) is 2.88. The van der Waals surface area contributed by atoms with E-state index >= 15 is 0 Å². The van der Waals surface area contributed by atoms with Gasteiger partial charge in [-0.2, -0.15) is 4.31 Å². The van der Waals surface area contributed by atoms with Crippen LogP contribution in [0.15, 0.2) is 0 Å². The number of likely N-dealkylation sites (N-methyl/N-ethyl adjacent to an activating group) is 1. The lowest BCUT2D eigenvalue weighted by molar-refractivity contribution is -0.123. The standard InChI is InChI=1S/C16H32N4O7S2/c1-12(19-15(22)27-16(2,3)4)11-28(23,24)18-8-10-29(25,26)20-9-6-7-13(20)14(21)17-5/h12-13,18H,6-11H2,1-5H3,(H,17,21)(H,19,22)/t12-,13-/m0/s1. The summed E-state index contributed by atoms with van der Waals surface area (Å²) >= 11 is 0. The average molecular weight is 457 g/mol.